The van der Waals surface area contributed by atoms with Gasteiger partial charge in [0.15, 0.2) is 0 Å². The van der Waals surface area contributed by atoms with E-state index in [9.17, 15) is 0 Å². The van der Waals surface area contributed by atoms with Gasteiger partial charge in [-0.1, -0.05) is 18.2 Å². The van der Waals surface area contributed by atoms with E-state index in [-0.39, 0.29) is 6.10 Å². The molecule has 0 atom stereocenters. The van der Waals surface area contributed by atoms with Gasteiger partial charge in [0.1, 0.15) is 5.75 Å². The third kappa shape index (κ3) is 2.62. The predicted octanol–water partition coefficient (Wildman–Crippen LogP) is 3.12. The number of hydrogen-bond acceptors (Lipinski definition) is 1. The van der Waals surface area contributed by atoms with E-state index >= 15 is 0 Å². The Hall–Kier alpha value is -1.24. The lowest BCUT2D eigenvalue weighted by Gasteiger charge is -2.12. The summed E-state index contributed by atoms with van der Waals surface area (Å²) in [6.45, 7) is 9.69. The first kappa shape index (κ1) is 9.85. The first-order valence-electron chi connectivity index (χ1n) is 4.44. The first-order chi connectivity index (χ1) is 6.13. The zero-order valence-corrected chi connectivity index (χ0v) is 8.42. The molecule has 0 unspecified atom stereocenters. The minimum Gasteiger partial charge on any atom is -0.490 e. The maximum Gasteiger partial charge on any atom is 0.127 e. The Morgan fingerprint density at radius 1 is 1.38 bits per heavy atom. The van der Waals surface area contributed by atoms with Crippen molar-refractivity contribution in [3.05, 3.63) is 42.0 Å². The van der Waals surface area contributed by atoms with Gasteiger partial charge in [-0.3, -0.25) is 0 Å². The lowest BCUT2D eigenvalue weighted by atomic mass is 10.1. The van der Waals surface area contributed by atoms with Crippen molar-refractivity contribution in [2.24, 2.45) is 0 Å². The van der Waals surface area contributed by atoms with Crippen LogP contribution >= 0.6 is 0 Å². The average Bonchev–Trinajstić information content (AvgIpc) is 2.07. The molecule has 0 spiro atoms. The second-order valence-electron chi connectivity index (χ2n) is 3.34. The van der Waals surface area contributed by atoms with Gasteiger partial charge in [-0.2, -0.15) is 0 Å². The maximum absolute atomic E-state index is 5.59. The number of rotatable bonds is 3. The molecule has 0 bridgehead atoms. The van der Waals surface area contributed by atoms with Crippen LogP contribution in [-0.4, -0.2) is 6.10 Å². The van der Waals surface area contributed by atoms with Crippen molar-refractivity contribution in [2.45, 2.75) is 26.9 Å². The van der Waals surface area contributed by atoms with Crippen molar-refractivity contribution in [2.75, 3.05) is 0 Å². The SMILES string of the molecule is C=[C]c1cc(C)ccc1OC(C)C. The molecule has 0 aliphatic carbocycles. The van der Waals surface area contributed by atoms with Crippen molar-refractivity contribution >= 4 is 0 Å². The Labute approximate surface area is 80.0 Å². The Bertz CT molecular complexity index is 300. The highest BCUT2D eigenvalue weighted by molar-refractivity contribution is 5.40. The Kier molecular flexibility index (Phi) is 3.13. The third-order valence-corrected chi connectivity index (χ3v) is 1.69. The molecular formula is C12H15O. The van der Waals surface area contributed by atoms with Gasteiger partial charge in [0.25, 0.3) is 0 Å². The highest BCUT2D eigenvalue weighted by Crippen LogP contribution is 2.20. The molecule has 0 aliphatic rings. The summed E-state index contributed by atoms with van der Waals surface area (Å²) in [7, 11) is 0. The molecule has 1 heteroatoms. The smallest absolute Gasteiger partial charge is 0.127 e. The molecule has 0 N–H and O–H groups in total. The van der Waals surface area contributed by atoms with Gasteiger partial charge < -0.3 is 4.74 Å². The Balaban J connectivity index is 2.99. The highest BCUT2D eigenvalue weighted by Gasteiger charge is 2.02. The summed E-state index contributed by atoms with van der Waals surface area (Å²) >= 11 is 0. The minimum atomic E-state index is 0.190. The van der Waals surface area contributed by atoms with Gasteiger partial charge in [-0.25, -0.2) is 0 Å². The van der Waals surface area contributed by atoms with E-state index in [1.807, 2.05) is 39.0 Å². The largest absolute Gasteiger partial charge is 0.490 e. The quantitative estimate of drug-likeness (QED) is 0.685. The molecule has 1 rings (SSSR count). The second-order valence-corrected chi connectivity index (χ2v) is 3.34. The van der Waals surface area contributed by atoms with E-state index in [2.05, 4.69) is 12.7 Å². The molecule has 1 aromatic rings. The molecule has 1 nitrogen and oxygen atoms in total. The topological polar surface area (TPSA) is 9.23 Å². The molecule has 0 aromatic heterocycles. The van der Waals surface area contributed by atoms with Crippen LogP contribution in [0, 0.1) is 13.0 Å². The van der Waals surface area contributed by atoms with Crippen molar-refractivity contribution in [1.82, 2.24) is 0 Å². The molecule has 1 radical (unpaired) electrons. The summed E-state index contributed by atoms with van der Waals surface area (Å²) < 4.78 is 5.59. The fourth-order valence-corrected chi connectivity index (χ4v) is 1.14. The molecule has 0 saturated carbocycles. The third-order valence-electron chi connectivity index (χ3n) is 1.69. The number of benzene rings is 1. The fraction of sp³-hybridized carbons (Fsp3) is 0.333. The van der Waals surface area contributed by atoms with Crippen molar-refractivity contribution in [3.63, 3.8) is 0 Å². The van der Waals surface area contributed by atoms with Crippen LogP contribution in [0.15, 0.2) is 24.8 Å². The Morgan fingerprint density at radius 3 is 2.62 bits per heavy atom. The van der Waals surface area contributed by atoms with Gasteiger partial charge >= 0.3 is 0 Å². The van der Waals surface area contributed by atoms with E-state index in [0.717, 1.165) is 11.3 Å². The molecule has 0 amide bonds. The predicted molar refractivity (Wildman–Crippen MR) is 54.9 cm³/mol. The summed E-state index contributed by atoms with van der Waals surface area (Å²) in [4.78, 5) is 0. The van der Waals surface area contributed by atoms with Crippen LogP contribution in [-0.2, 0) is 0 Å². The van der Waals surface area contributed by atoms with Crippen molar-refractivity contribution in [1.29, 1.82) is 0 Å². The standard InChI is InChI=1S/C12H15O/c1-5-11-8-10(4)6-7-12(11)13-9(2)3/h6-9H,1H2,2-4H3. The first-order valence-corrected chi connectivity index (χ1v) is 4.44. The lowest BCUT2D eigenvalue weighted by Crippen LogP contribution is -2.06. The minimum absolute atomic E-state index is 0.190. The number of aryl methyl sites for hydroxylation is 1. The van der Waals surface area contributed by atoms with Gasteiger partial charge in [0.05, 0.1) is 6.10 Å². The fourth-order valence-electron chi connectivity index (χ4n) is 1.14. The average molecular weight is 175 g/mol. The van der Waals surface area contributed by atoms with E-state index in [1.54, 1.807) is 0 Å². The number of ether oxygens (including phenoxy) is 1. The molecular weight excluding hydrogens is 160 g/mol. The molecule has 0 fully saturated rings. The lowest BCUT2D eigenvalue weighted by molar-refractivity contribution is 0.241. The van der Waals surface area contributed by atoms with Crippen LogP contribution in [0.1, 0.15) is 25.0 Å². The van der Waals surface area contributed by atoms with Gasteiger partial charge in [0, 0.05) is 5.56 Å². The van der Waals surface area contributed by atoms with Crippen LogP contribution in [0.5, 0.6) is 5.75 Å². The summed E-state index contributed by atoms with van der Waals surface area (Å²) in [5.41, 5.74) is 2.14. The Morgan fingerprint density at radius 2 is 2.08 bits per heavy atom. The summed E-state index contributed by atoms with van der Waals surface area (Å²) in [6.07, 6.45) is 3.06. The van der Waals surface area contributed by atoms with Crippen LogP contribution in [0.3, 0.4) is 0 Å². The van der Waals surface area contributed by atoms with Crippen LogP contribution in [0.4, 0.5) is 0 Å². The van der Waals surface area contributed by atoms with Gasteiger partial charge in [0.2, 0.25) is 0 Å². The molecule has 1 aromatic carbocycles. The van der Waals surface area contributed by atoms with Crippen LogP contribution in [0.2, 0.25) is 0 Å². The molecule has 69 valence electrons. The molecule has 0 saturated heterocycles. The normalized spacial score (nSPS) is 10.2. The van der Waals surface area contributed by atoms with Crippen molar-refractivity contribution < 1.29 is 4.74 Å². The summed E-state index contributed by atoms with van der Waals surface area (Å²) in [5, 5.41) is 0. The monoisotopic (exact) mass is 175 g/mol. The van der Waals surface area contributed by atoms with E-state index in [1.165, 1.54) is 5.56 Å². The van der Waals surface area contributed by atoms with Gasteiger partial charge in [-0.15, -0.1) is 0 Å². The molecule has 0 aliphatic heterocycles. The zero-order valence-electron chi connectivity index (χ0n) is 8.42. The van der Waals surface area contributed by atoms with Crippen LogP contribution in [0.25, 0.3) is 0 Å². The number of hydrogen-bond donors (Lipinski definition) is 0. The zero-order chi connectivity index (χ0) is 9.84. The van der Waals surface area contributed by atoms with Gasteiger partial charge in [-0.05, 0) is 39.0 Å². The van der Waals surface area contributed by atoms with Crippen molar-refractivity contribution in [3.8, 4) is 5.75 Å². The van der Waals surface area contributed by atoms with Crippen LogP contribution < -0.4 is 4.74 Å². The molecule has 0 heterocycles. The highest BCUT2D eigenvalue weighted by atomic mass is 16.5. The summed E-state index contributed by atoms with van der Waals surface area (Å²) in [5.74, 6) is 0.857. The van der Waals surface area contributed by atoms with E-state index in [4.69, 9.17) is 4.74 Å². The molecule has 13 heavy (non-hydrogen) atoms. The van der Waals surface area contributed by atoms with E-state index < -0.39 is 0 Å². The maximum atomic E-state index is 5.59. The summed E-state index contributed by atoms with van der Waals surface area (Å²) in [6, 6.07) is 6.01. The second kappa shape index (κ2) is 4.13. The van der Waals surface area contributed by atoms with E-state index in [0.29, 0.717) is 0 Å².